The number of anilines is 1. The molecule has 0 aliphatic carbocycles. The number of para-hydroxylation sites is 1. The number of rotatable bonds is 4. The van der Waals surface area contributed by atoms with Gasteiger partial charge < -0.3 is 10.0 Å². The van der Waals surface area contributed by atoms with Gasteiger partial charge in [0, 0.05) is 5.54 Å². The largest absolute Gasteiger partial charge is 0.480 e. The Bertz CT molecular complexity index is 576. The summed E-state index contributed by atoms with van der Waals surface area (Å²) in [5.41, 5.74) is -0.265. The number of primary sulfonamides is 1. The molecule has 0 aromatic heterocycles. The minimum Gasteiger partial charge on any atom is -0.480 e. The molecule has 6 nitrogen and oxygen atoms in total. The molecular formula is C12H18N2O4S. The second-order valence-electron chi connectivity index (χ2n) is 5.16. The third-order valence-corrected chi connectivity index (χ3v) is 3.52. The van der Waals surface area contributed by atoms with Crippen LogP contribution in [0.15, 0.2) is 29.2 Å². The molecule has 0 aliphatic heterocycles. The van der Waals surface area contributed by atoms with E-state index in [-0.39, 0.29) is 11.4 Å². The standard InChI is InChI=1S/C12H18N2O4S/c1-12(2,3)14(8-11(15)16)9-6-4-5-7-10(9)19(13,17)18/h4-7H,8H2,1-3H3,(H,15,16)(H2,13,17,18). The predicted molar refractivity (Wildman–Crippen MR) is 72.6 cm³/mol. The van der Waals surface area contributed by atoms with Crippen LogP contribution in [0.2, 0.25) is 0 Å². The van der Waals surface area contributed by atoms with Crippen LogP contribution in [0.1, 0.15) is 20.8 Å². The Balaban J connectivity index is 3.44. The fraction of sp³-hybridized carbons (Fsp3) is 0.417. The lowest BCUT2D eigenvalue weighted by atomic mass is 10.0. The molecule has 0 heterocycles. The van der Waals surface area contributed by atoms with Crippen LogP contribution in [0.5, 0.6) is 0 Å². The van der Waals surface area contributed by atoms with Gasteiger partial charge in [-0.15, -0.1) is 0 Å². The van der Waals surface area contributed by atoms with Crippen molar-refractivity contribution in [1.29, 1.82) is 0 Å². The van der Waals surface area contributed by atoms with Crippen LogP contribution in [-0.2, 0) is 14.8 Å². The van der Waals surface area contributed by atoms with Crippen LogP contribution in [0.25, 0.3) is 0 Å². The quantitative estimate of drug-likeness (QED) is 0.860. The summed E-state index contributed by atoms with van der Waals surface area (Å²) < 4.78 is 23.1. The first-order valence-electron chi connectivity index (χ1n) is 5.65. The van der Waals surface area contributed by atoms with Gasteiger partial charge in [-0.25, -0.2) is 13.6 Å². The number of nitrogens with zero attached hydrogens (tertiary/aromatic N) is 1. The molecule has 0 fully saturated rings. The fourth-order valence-electron chi connectivity index (χ4n) is 1.74. The Hall–Kier alpha value is -1.60. The van der Waals surface area contributed by atoms with E-state index in [0.29, 0.717) is 5.69 Å². The molecule has 1 aromatic carbocycles. The van der Waals surface area contributed by atoms with E-state index < -0.39 is 21.5 Å². The average Bonchev–Trinajstić information content (AvgIpc) is 2.23. The van der Waals surface area contributed by atoms with Crippen molar-refractivity contribution in [1.82, 2.24) is 0 Å². The Morgan fingerprint density at radius 1 is 1.32 bits per heavy atom. The second kappa shape index (κ2) is 5.18. The fourth-order valence-corrected chi connectivity index (χ4v) is 2.48. The molecular weight excluding hydrogens is 268 g/mol. The summed E-state index contributed by atoms with van der Waals surface area (Å²) in [6.07, 6.45) is 0. The summed E-state index contributed by atoms with van der Waals surface area (Å²) in [6, 6.07) is 6.11. The van der Waals surface area contributed by atoms with Crippen molar-refractivity contribution in [3.63, 3.8) is 0 Å². The highest BCUT2D eigenvalue weighted by atomic mass is 32.2. The van der Waals surface area contributed by atoms with E-state index in [1.54, 1.807) is 39.0 Å². The normalized spacial score (nSPS) is 12.2. The van der Waals surface area contributed by atoms with Gasteiger partial charge in [-0.2, -0.15) is 0 Å². The van der Waals surface area contributed by atoms with Crippen LogP contribution in [-0.4, -0.2) is 31.6 Å². The Labute approximate surface area is 112 Å². The molecule has 0 atom stereocenters. The van der Waals surface area contributed by atoms with Gasteiger partial charge in [-0.05, 0) is 32.9 Å². The zero-order valence-electron chi connectivity index (χ0n) is 11.1. The maximum atomic E-state index is 11.6. The Kier molecular flexibility index (Phi) is 4.21. The van der Waals surface area contributed by atoms with Gasteiger partial charge in [0.15, 0.2) is 0 Å². The summed E-state index contributed by atoms with van der Waals surface area (Å²) in [7, 11) is -3.91. The molecule has 0 saturated carbocycles. The number of carboxylic acid groups (broad SMARTS) is 1. The molecule has 0 radical (unpaired) electrons. The highest BCUT2D eigenvalue weighted by molar-refractivity contribution is 7.89. The van der Waals surface area contributed by atoms with Crippen LogP contribution < -0.4 is 10.0 Å². The predicted octanol–water partition coefficient (Wildman–Crippen LogP) is 1.02. The monoisotopic (exact) mass is 286 g/mol. The Morgan fingerprint density at radius 2 is 1.84 bits per heavy atom. The number of hydrogen-bond acceptors (Lipinski definition) is 4. The molecule has 19 heavy (non-hydrogen) atoms. The van der Waals surface area contributed by atoms with E-state index in [0.717, 1.165) is 0 Å². The van der Waals surface area contributed by atoms with Crippen molar-refractivity contribution in [2.45, 2.75) is 31.2 Å². The number of carbonyl (C=O) groups is 1. The van der Waals surface area contributed by atoms with E-state index in [1.165, 1.54) is 11.0 Å². The van der Waals surface area contributed by atoms with Gasteiger partial charge in [-0.1, -0.05) is 12.1 Å². The maximum Gasteiger partial charge on any atom is 0.323 e. The van der Waals surface area contributed by atoms with Gasteiger partial charge in [0.1, 0.15) is 11.4 Å². The molecule has 7 heteroatoms. The number of aliphatic carboxylic acids is 1. The molecule has 0 bridgehead atoms. The zero-order valence-corrected chi connectivity index (χ0v) is 11.9. The smallest absolute Gasteiger partial charge is 0.323 e. The third-order valence-electron chi connectivity index (χ3n) is 2.57. The minimum absolute atomic E-state index is 0.0776. The highest BCUT2D eigenvalue weighted by Gasteiger charge is 2.28. The van der Waals surface area contributed by atoms with Crippen molar-refractivity contribution in [3.8, 4) is 0 Å². The topological polar surface area (TPSA) is 101 Å². The molecule has 0 saturated heterocycles. The number of nitrogens with two attached hydrogens (primary N) is 1. The molecule has 1 aromatic rings. The number of benzene rings is 1. The molecule has 3 N–H and O–H groups in total. The van der Waals surface area contributed by atoms with E-state index in [9.17, 15) is 13.2 Å². The minimum atomic E-state index is -3.91. The summed E-state index contributed by atoms with van der Waals surface area (Å²) in [5, 5.41) is 14.1. The van der Waals surface area contributed by atoms with Gasteiger partial charge in [-0.3, -0.25) is 4.79 Å². The van der Waals surface area contributed by atoms with E-state index in [2.05, 4.69) is 0 Å². The van der Waals surface area contributed by atoms with E-state index >= 15 is 0 Å². The SMILES string of the molecule is CC(C)(C)N(CC(=O)O)c1ccccc1S(N)(=O)=O. The average molecular weight is 286 g/mol. The van der Waals surface area contributed by atoms with Crippen LogP contribution in [0, 0.1) is 0 Å². The highest BCUT2D eigenvalue weighted by Crippen LogP contribution is 2.29. The molecule has 0 aliphatic rings. The molecule has 0 amide bonds. The van der Waals surface area contributed by atoms with Crippen molar-refractivity contribution in [3.05, 3.63) is 24.3 Å². The zero-order chi connectivity index (χ0) is 14.8. The van der Waals surface area contributed by atoms with Crippen molar-refractivity contribution in [2.75, 3.05) is 11.4 Å². The van der Waals surface area contributed by atoms with E-state index in [4.69, 9.17) is 10.2 Å². The first-order valence-corrected chi connectivity index (χ1v) is 7.19. The van der Waals surface area contributed by atoms with Crippen molar-refractivity contribution < 1.29 is 18.3 Å². The third kappa shape index (κ3) is 3.93. The lowest BCUT2D eigenvalue weighted by Crippen LogP contribution is -2.45. The molecule has 106 valence electrons. The van der Waals surface area contributed by atoms with Crippen LogP contribution in [0.4, 0.5) is 5.69 Å². The second-order valence-corrected chi connectivity index (χ2v) is 6.69. The van der Waals surface area contributed by atoms with Gasteiger partial charge >= 0.3 is 5.97 Å². The lowest BCUT2D eigenvalue weighted by molar-refractivity contribution is -0.135. The number of sulfonamides is 1. The molecule has 1 rings (SSSR count). The lowest BCUT2D eigenvalue weighted by Gasteiger charge is -2.37. The van der Waals surface area contributed by atoms with Gasteiger partial charge in [0.05, 0.1) is 5.69 Å². The van der Waals surface area contributed by atoms with Gasteiger partial charge in [0.25, 0.3) is 0 Å². The van der Waals surface area contributed by atoms with Crippen molar-refractivity contribution >= 4 is 21.7 Å². The molecule has 0 spiro atoms. The summed E-state index contributed by atoms with van der Waals surface area (Å²) in [6.45, 7) is 5.09. The summed E-state index contributed by atoms with van der Waals surface area (Å²) in [4.78, 5) is 12.4. The van der Waals surface area contributed by atoms with Crippen molar-refractivity contribution in [2.24, 2.45) is 5.14 Å². The van der Waals surface area contributed by atoms with Gasteiger partial charge in [0.2, 0.25) is 10.0 Å². The summed E-state index contributed by atoms with van der Waals surface area (Å²) >= 11 is 0. The van der Waals surface area contributed by atoms with E-state index in [1.807, 2.05) is 0 Å². The first-order chi connectivity index (χ1) is 8.53. The molecule has 0 unspecified atom stereocenters. The Morgan fingerprint density at radius 3 is 2.26 bits per heavy atom. The number of carboxylic acids is 1. The van der Waals surface area contributed by atoms with Crippen LogP contribution >= 0.6 is 0 Å². The number of hydrogen-bond donors (Lipinski definition) is 2. The van der Waals surface area contributed by atoms with Crippen LogP contribution in [0.3, 0.4) is 0 Å². The first kappa shape index (κ1) is 15.5. The summed E-state index contributed by atoms with van der Waals surface area (Å²) in [5.74, 6) is -1.04. The maximum absolute atomic E-state index is 11.6.